The summed E-state index contributed by atoms with van der Waals surface area (Å²) in [6, 6.07) is 0. The maximum absolute atomic E-state index is 11.0. The normalized spacial score (nSPS) is 22.9. The van der Waals surface area contributed by atoms with E-state index in [4.69, 9.17) is 4.74 Å². The first-order valence-corrected chi connectivity index (χ1v) is 6.44. The molecule has 16 heavy (non-hydrogen) atoms. The second-order valence-electron chi connectivity index (χ2n) is 5.06. The largest absolute Gasteiger partial charge is 0.378 e. The highest BCUT2D eigenvalue weighted by Gasteiger charge is 2.27. The lowest BCUT2D eigenvalue weighted by atomic mass is 9.88. The third-order valence-electron chi connectivity index (χ3n) is 3.61. The molecule has 3 heteroatoms. The van der Waals surface area contributed by atoms with Crippen molar-refractivity contribution in [3.8, 4) is 0 Å². The highest BCUT2D eigenvalue weighted by atomic mass is 16.5. The zero-order chi connectivity index (χ0) is 12.0. The smallest absolute Gasteiger partial charge is 0.127 e. The zero-order valence-corrected chi connectivity index (χ0v) is 10.9. The number of piperidine rings is 1. The maximum Gasteiger partial charge on any atom is 0.127 e. The molecule has 0 radical (unpaired) electrons. The Bertz CT molecular complexity index is 212. The summed E-state index contributed by atoms with van der Waals surface area (Å²) in [6.07, 6.45) is 4.67. The van der Waals surface area contributed by atoms with Crippen molar-refractivity contribution < 1.29 is 9.53 Å². The SMILES string of the molecule is CCOC1CCN(CC(C)(C=O)CC)CC1. The summed E-state index contributed by atoms with van der Waals surface area (Å²) in [5.41, 5.74) is -0.168. The molecule has 1 fully saturated rings. The van der Waals surface area contributed by atoms with Gasteiger partial charge in [0.15, 0.2) is 0 Å². The third kappa shape index (κ3) is 3.87. The van der Waals surface area contributed by atoms with Crippen molar-refractivity contribution in [3.05, 3.63) is 0 Å². The van der Waals surface area contributed by atoms with Gasteiger partial charge in [-0.05, 0) is 26.2 Å². The molecule has 1 saturated heterocycles. The number of ether oxygens (including phenoxy) is 1. The lowest BCUT2D eigenvalue weighted by Crippen LogP contribution is -2.43. The number of hydrogen-bond donors (Lipinski definition) is 0. The zero-order valence-electron chi connectivity index (χ0n) is 10.9. The summed E-state index contributed by atoms with van der Waals surface area (Å²) in [5, 5.41) is 0. The molecule has 94 valence electrons. The molecule has 3 nitrogen and oxygen atoms in total. The first-order chi connectivity index (χ1) is 7.63. The van der Waals surface area contributed by atoms with Crippen LogP contribution < -0.4 is 0 Å². The van der Waals surface area contributed by atoms with Gasteiger partial charge in [0.05, 0.1) is 6.10 Å². The Morgan fingerprint density at radius 3 is 2.44 bits per heavy atom. The Morgan fingerprint density at radius 1 is 1.38 bits per heavy atom. The number of rotatable bonds is 6. The second-order valence-corrected chi connectivity index (χ2v) is 5.06. The Kier molecular flexibility index (Phi) is 5.42. The van der Waals surface area contributed by atoms with Crippen LogP contribution in [0.4, 0.5) is 0 Å². The molecule has 0 amide bonds. The molecule has 1 atom stereocenters. The number of carbonyl (C=O) groups excluding carboxylic acids is 1. The molecule has 0 aromatic heterocycles. The van der Waals surface area contributed by atoms with E-state index in [1.807, 2.05) is 6.92 Å². The maximum atomic E-state index is 11.0. The Labute approximate surface area is 99.1 Å². The van der Waals surface area contributed by atoms with Crippen LogP contribution in [0.25, 0.3) is 0 Å². The molecule has 0 saturated carbocycles. The second kappa shape index (κ2) is 6.36. The van der Waals surface area contributed by atoms with Gasteiger partial charge in [0, 0.05) is 31.7 Å². The molecule has 0 aliphatic carbocycles. The fourth-order valence-corrected chi connectivity index (χ4v) is 2.21. The van der Waals surface area contributed by atoms with Crippen molar-refractivity contribution in [2.45, 2.75) is 46.1 Å². The number of carbonyl (C=O) groups is 1. The average Bonchev–Trinajstić information content (AvgIpc) is 2.32. The van der Waals surface area contributed by atoms with Crippen LogP contribution >= 0.6 is 0 Å². The summed E-state index contributed by atoms with van der Waals surface area (Å²) in [4.78, 5) is 13.4. The van der Waals surface area contributed by atoms with E-state index in [0.717, 1.165) is 51.8 Å². The van der Waals surface area contributed by atoms with E-state index in [1.54, 1.807) is 0 Å². The first kappa shape index (κ1) is 13.7. The highest BCUT2D eigenvalue weighted by Crippen LogP contribution is 2.22. The number of hydrogen-bond acceptors (Lipinski definition) is 3. The molecule has 1 unspecified atom stereocenters. The van der Waals surface area contributed by atoms with E-state index in [-0.39, 0.29) is 5.41 Å². The average molecular weight is 227 g/mol. The predicted octanol–water partition coefficient (Wildman–Crippen LogP) is 2.10. The topological polar surface area (TPSA) is 29.5 Å². The molecule has 0 aromatic carbocycles. The molecule has 0 aromatic rings. The first-order valence-electron chi connectivity index (χ1n) is 6.44. The molecule has 1 aliphatic rings. The molecule has 0 N–H and O–H groups in total. The quantitative estimate of drug-likeness (QED) is 0.651. The molecule has 1 aliphatic heterocycles. The van der Waals surface area contributed by atoms with Crippen molar-refractivity contribution in [3.63, 3.8) is 0 Å². The lowest BCUT2D eigenvalue weighted by molar-refractivity contribution is -0.117. The van der Waals surface area contributed by atoms with Gasteiger partial charge in [-0.3, -0.25) is 0 Å². The fraction of sp³-hybridized carbons (Fsp3) is 0.923. The summed E-state index contributed by atoms with van der Waals surface area (Å²) >= 11 is 0. The molecular weight excluding hydrogens is 202 g/mol. The summed E-state index contributed by atoms with van der Waals surface area (Å²) in [6.45, 7) is 10.0. The molecule has 0 spiro atoms. The van der Waals surface area contributed by atoms with E-state index in [9.17, 15) is 4.79 Å². The number of aldehydes is 1. The minimum Gasteiger partial charge on any atom is -0.378 e. The Hall–Kier alpha value is -0.410. The van der Waals surface area contributed by atoms with Crippen LogP contribution in [0.3, 0.4) is 0 Å². The lowest BCUT2D eigenvalue weighted by Gasteiger charge is -2.36. The summed E-state index contributed by atoms with van der Waals surface area (Å²) in [5.74, 6) is 0. The minimum atomic E-state index is -0.168. The molecular formula is C13H25NO2. The minimum absolute atomic E-state index is 0.168. The van der Waals surface area contributed by atoms with Crippen LogP contribution in [0.1, 0.15) is 40.0 Å². The van der Waals surface area contributed by atoms with Gasteiger partial charge in [0.25, 0.3) is 0 Å². The molecule has 1 heterocycles. The van der Waals surface area contributed by atoms with Crippen LogP contribution in [0.15, 0.2) is 0 Å². The van der Waals surface area contributed by atoms with Crippen LogP contribution in [0.2, 0.25) is 0 Å². The Balaban J connectivity index is 2.34. The van der Waals surface area contributed by atoms with Crippen molar-refractivity contribution in [1.82, 2.24) is 4.90 Å². The van der Waals surface area contributed by atoms with Crippen LogP contribution in [0.5, 0.6) is 0 Å². The van der Waals surface area contributed by atoms with Crippen molar-refractivity contribution in [2.75, 3.05) is 26.2 Å². The molecule has 0 bridgehead atoms. The van der Waals surface area contributed by atoms with Crippen molar-refractivity contribution in [1.29, 1.82) is 0 Å². The third-order valence-corrected chi connectivity index (χ3v) is 3.61. The van der Waals surface area contributed by atoms with Crippen molar-refractivity contribution in [2.24, 2.45) is 5.41 Å². The standard InChI is InChI=1S/C13H25NO2/c1-4-13(3,11-15)10-14-8-6-12(7-9-14)16-5-2/h11-12H,4-10H2,1-3H3. The van der Waals surface area contributed by atoms with E-state index in [0.29, 0.717) is 6.10 Å². The molecule has 1 rings (SSSR count). The predicted molar refractivity (Wildman–Crippen MR) is 65.6 cm³/mol. The monoisotopic (exact) mass is 227 g/mol. The summed E-state index contributed by atoms with van der Waals surface area (Å²) in [7, 11) is 0. The van der Waals surface area contributed by atoms with E-state index in [2.05, 4.69) is 18.7 Å². The fourth-order valence-electron chi connectivity index (χ4n) is 2.21. The Morgan fingerprint density at radius 2 is 2.00 bits per heavy atom. The van der Waals surface area contributed by atoms with Crippen LogP contribution in [-0.4, -0.2) is 43.5 Å². The highest BCUT2D eigenvalue weighted by molar-refractivity contribution is 5.58. The van der Waals surface area contributed by atoms with E-state index in [1.165, 1.54) is 0 Å². The summed E-state index contributed by atoms with van der Waals surface area (Å²) < 4.78 is 5.62. The van der Waals surface area contributed by atoms with Gasteiger partial charge in [-0.15, -0.1) is 0 Å². The van der Waals surface area contributed by atoms with Gasteiger partial charge in [-0.2, -0.15) is 0 Å². The van der Waals surface area contributed by atoms with Gasteiger partial charge in [0.2, 0.25) is 0 Å². The van der Waals surface area contributed by atoms with Gasteiger partial charge < -0.3 is 14.4 Å². The van der Waals surface area contributed by atoms with E-state index < -0.39 is 0 Å². The number of likely N-dealkylation sites (tertiary alicyclic amines) is 1. The van der Waals surface area contributed by atoms with Gasteiger partial charge in [0.1, 0.15) is 6.29 Å². The van der Waals surface area contributed by atoms with Crippen LogP contribution in [-0.2, 0) is 9.53 Å². The van der Waals surface area contributed by atoms with Crippen LogP contribution in [0, 0.1) is 5.41 Å². The van der Waals surface area contributed by atoms with Gasteiger partial charge >= 0.3 is 0 Å². The number of nitrogens with zero attached hydrogens (tertiary/aromatic N) is 1. The van der Waals surface area contributed by atoms with Gasteiger partial charge in [-0.1, -0.05) is 13.8 Å². The van der Waals surface area contributed by atoms with E-state index >= 15 is 0 Å². The van der Waals surface area contributed by atoms with Gasteiger partial charge in [-0.25, -0.2) is 0 Å². The van der Waals surface area contributed by atoms with Crippen molar-refractivity contribution >= 4 is 6.29 Å².